The first kappa shape index (κ1) is 11.4. The van der Waals surface area contributed by atoms with Gasteiger partial charge >= 0.3 is 0 Å². The molecule has 0 aliphatic heterocycles. The monoisotopic (exact) mass is 252 g/mol. The van der Waals surface area contributed by atoms with E-state index >= 15 is 0 Å². The molecule has 0 saturated heterocycles. The highest BCUT2D eigenvalue weighted by Crippen LogP contribution is 2.44. The molecule has 0 amide bonds. The minimum atomic E-state index is -0.497. The summed E-state index contributed by atoms with van der Waals surface area (Å²) in [6.07, 6.45) is 5.78. The first-order chi connectivity index (χ1) is 8.13. The van der Waals surface area contributed by atoms with Crippen LogP contribution in [-0.4, -0.2) is 17.8 Å². The van der Waals surface area contributed by atoms with Gasteiger partial charge in [-0.1, -0.05) is 17.7 Å². The highest BCUT2D eigenvalue weighted by atomic mass is 35.5. The lowest BCUT2D eigenvalue weighted by Crippen LogP contribution is -2.12. The van der Waals surface area contributed by atoms with E-state index in [1.807, 2.05) is 0 Å². The van der Waals surface area contributed by atoms with Crippen molar-refractivity contribution in [2.45, 2.75) is 44.1 Å². The molecule has 1 fully saturated rings. The number of fused-ring (bicyclic) bond motifs is 1. The summed E-state index contributed by atoms with van der Waals surface area (Å²) in [5.74, 6) is 0.771. The quantitative estimate of drug-likeness (QED) is 0.896. The van der Waals surface area contributed by atoms with Gasteiger partial charge in [0.15, 0.2) is 0 Å². The lowest BCUT2D eigenvalue weighted by atomic mass is 9.99. The van der Waals surface area contributed by atoms with Crippen LogP contribution in [0.15, 0.2) is 6.07 Å². The maximum absolute atomic E-state index is 10.0. The Morgan fingerprint density at radius 2 is 2.18 bits per heavy atom. The van der Waals surface area contributed by atoms with Crippen molar-refractivity contribution in [3.63, 3.8) is 0 Å². The van der Waals surface area contributed by atoms with Crippen LogP contribution in [0.4, 0.5) is 0 Å². The van der Waals surface area contributed by atoms with Crippen LogP contribution in [0, 0.1) is 0 Å². The molecule has 2 aliphatic rings. The Bertz CT molecular complexity index is 464. The molecule has 0 aromatic heterocycles. The minimum absolute atomic E-state index is 0.497. The van der Waals surface area contributed by atoms with E-state index in [2.05, 4.69) is 6.07 Å². The van der Waals surface area contributed by atoms with Crippen LogP contribution in [-0.2, 0) is 19.3 Å². The maximum Gasteiger partial charge on any atom is 0.141 e. The smallest absolute Gasteiger partial charge is 0.141 e. The van der Waals surface area contributed by atoms with Crippen LogP contribution in [0.1, 0.15) is 36.0 Å². The molecule has 1 aromatic rings. The van der Waals surface area contributed by atoms with Gasteiger partial charge in [0, 0.05) is 6.42 Å². The molecule has 0 unspecified atom stereocenters. The van der Waals surface area contributed by atoms with E-state index in [4.69, 9.17) is 16.3 Å². The average molecular weight is 253 g/mol. The van der Waals surface area contributed by atoms with Gasteiger partial charge in [-0.25, -0.2) is 0 Å². The fourth-order valence-electron chi connectivity index (χ4n) is 2.76. The Morgan fingerprint density at radius 1 is 1.41 bits per heavy atom. The third kappa shape index (κ3) is 1.94. The number of rotatable bonds is 3. The molecule has 1 N–H and O–H groups in total. The van der Waals surface area contributed by atoms with Crippen LogP contribution in [0.3, 0.4) is 0 Å². The predicted molar refractivity (Wildman–Crippen MR) is 67.9 cm³/mol. The van der Waals surface area contributed by atoms with E-state index in [0.717, 1.165) is 42.0 Å². The van der Waals surface area contributed by atoms with Crippen LogP contribution in [0.25, 0.3) is 0 Å². The second-order valence-electron chi connectivity index (χ2n) is 5.28. The summed E-state index contributed by atoms with van der Waals surface area (Å²) < 4.78 is 5.43. The first-order valence-electron chi connectivity index (χ1n) is 6.22. The summed E-state index contributed by atoms with van der Waals surface area (Å²) in [4.78, 5) is 0. The van der Waals surface area contributed by atoms with Crippen molar-refractivity contribution in [1.82, 2.24) is 0 Å². The topological polar surface area (TPSA) is 29.5 Å². The van der Waals surface area contributed by atoms with E-state index in [9.17, 15) is 5.11 Å². The van der Waals surface area contributed by atoms with E-state index in [1.165, 1.54) is 17.5 Å². The third-order valence-corrected chi connectivity index (χ3v) is 4.32. The van der Waals surface area contributed by atoms with Crippen molar-refractivity contribution < 1.29 is 9.84 Å². The van der Waals surface area contributed by atoms with Crippen molar-refractivity contribution >= 4 is 11.6 Å². The first-order valence-corrected chi connectivity index (χ1v) is 6.60. The molecular formula is C14H17ClO2. The molecule has 0 heterocycles. The van der Waals surface area contributed by atoms with Crippen molar-refractivity contribution in [3.05, 3.63) is 27.8 Å². The van der Waals surface area contributed by atoms with Gasteiger partial charge in [0.05, 0.1) is 17.7 Å². The Hall–Kier alpha value is -0.730. The second-order valence-corrected chi connectivity index (χ2v) is 5.65. The molecule has 17 heavy (non-hydrogen) atoms. The van der Waals surface area contributed by atoms with Crippen LogP contribution in [0.5, 0.6) is 5.75 Å². The summed E-state index contributed by atoms with van der Waals surface area (Å²) in [6, 6.07) is 2.18. The molecule has 1 saturated carbocycles. The van der Waals surface area contributed by atoms with E-state index in [0.29, 0.717) is 6.42 Å². The number of benzene rings is 1. The molecule has 2 nitrogen and oxygen atoms in total. The number of methoxy groups -OCH3 is 1. The predicted octanol–water partition coefficient (Wildman–Crippen LogP) is 2.90. The summed E-state index contributed by atoms with van der Waals surface area (Å²) in [6.45, 7) is 0. The Kier molecular flexibility index (Phi) is 2.60. The zero-order valence-electron chi connectivity index (χ0n) is 10.1. The van der Waals surface area contributed by atoms with Gasteiger partial charge in [-0.3, -0.25) is 0 Å². The van der Waals surface area contributed by atoms with Crippen molar-refractivity contribution in [3.8, 4) is 5.75 Å². The number of hydrogen-bond donors (Lipinski definition) is 1. The molecule has 3 rings (SSSR count). The zero-order valence-corrected chi connectivity index (χ0v) is 10.8. The molecule has 0 bridgehead atoms. The van der Waals surface area contributed by atoms with Gasteiger partial charge in [0.25, 0.3) is 0 Å². The third-order valence-electron chi connectivity index (χ3n) is 3.92. The van der Waals surface area contributed by atoms with Crippen molar-refractivity contribution in [2.75, 3.05) is 7.11 Å². The van der Waals surface area contributed by atoms with Gasteiger partial charge in [-0.15, -0.1) is 0 Å². The Balaban J connectivity index is 2.04. The number of hydrogen-bond acceptors (Lipinski definition) is 2. The summed E-state index contributed by atoms with van der Waals surface area (Å²) >= 11 is 6.40. The van der Waals surface area contributed by atoms with Crippen molar-refractivity contribution in [1.29, 1.82) is 0 Å². The number of aliphatic hydroxyl groups is 1. The van der Waals surface area contributed by atoms with Gasteiger partial charge in [-0.2, -0.15) is 0 Å². The Morgan fingerprint density at radius 3 is 2.82 bits per heavy atom. The standard InChI is InChI=1S/C14H17ClO2/c1-17-13-10(8-14(16)5-6-14)7-9-3-2-4-11(9)12(13)15/h7,16H,2-6,8H2,1H3. The van der Waals surface area contributed by atoms with Gasteiger partial charge < -0.3 is 9.84 Å². The van der Waals surface area contributed by atoms with E-state index < -0.39 is 5.60 Å². The van der Waals surface area contributed by atoms with Gasteiger partial charge in [0.2, 0.25) is 0 Å². The molecule has 0 radical (unpaired) electrons. The Labute approximate surface area is 107 Å². The van der Waals surface area contributed by atoms with Crippen molar-refractivity contribution in [2.24, 2.45) is 0 Å². The van der Waals surface area contributed by atoms with Gasteiger partial charge in [0.1, 0.15) is 5.75 Å². The van der Waals surface area contributed by atoms with E-state index in [-0.39, 0.29) is 0 Å². The summed E-state index contributed by atoms with van der Waals surface area (Å²) in [5, 5.41) is 10.8. The molecule has 0 atom stereocenters. The molecule has 3 heteroatoms. The fraction of sp³-hybridized carbons (Fsp3) is 0.571. The number of aryl methyl sites for hydroxylation is 1. The molecule has 0 spiro atoms. The average Bonchev–Trinajstić information content (AvgIpc) is 2.83. The zero-order chi connectivity index (χ0) is 12.0. The molecular weight excluding hydrogens is 236 g/mol. The van der Waals surface area contributed by atoms with Crippen LogP contribution in [0.2, 0.25) is 5.02 Å². The minimum Gasteiger partial charge on any atom is -0.495 e. The highest BCUT2D eigenvalue weighted by molar-refractivity contribution is 6.33. The molecule has 92 valence electrons. The molecule has 2 aliphatic carbocycles. The number of halogens is 1. The maximum atomic E-state index is 10.0. The van der Waals surface area contributed by atoms with Crippen LogP contribution < -0.4 is 4.74 Å². The highest BCUT2D eigenvalue weighted by Gasteiger charge is 2.41. The largest absolute Gasteiger partial charge is 0.495 e. The van der Waals surface area contributed by atoms with Gasteiger partial charge in [-0.05, 0) is 48.8 Å². The normalized spacial score (nSPS) is 20.2. The fourth-order valence-corrected chi connectivity index (χ4v) is 3.17. The van der Waals surface area contributed by atoms with E-state index in [1.54, 1.807) is 7.11 Å². The second kappa shape index (κ2) is 3.89. The molecule has 1 aromatic carbocycles. The summed E-state index contributed by atoms with van der Waals surface area (Å²) in [5.41, 5.74) is 3.16. The lowest BCUT2D eigenvalue weighted by Gasteiger charge is -2.16. The number of ether oxygens (including phenoxy) is 1. The summed E-state index contributed by atoms with van der Waals surface area (Å²) in [7, 11) is 1.66. The lowest BCUT2D eigenvalue weighted by molar-refractivity contribution is 0.150. The van der Waals surface area contributed by atoms with Crippen LogP contribution >= 0.6 is 11.6 Å². The SMILES string of the molecule is COc1c(CC2(O)CC2)cc2c(c1Cl)CCC2.